The number of aliphatic hydroxyl groups excluding tert-OH is 1. The zero-order chi connectivity index (χ0) is 14.5. The minimum atomic E-state index is -1.13. The molecule has 3 N–H and O–H groups in total. The van der Waals surface area contributed by atoms with Gasteiger partial charge in [0, 0.05) is 13.2 Å². The van der Waals surface area contributed by atoms with Crippen LogP contribution in [0.25, 0.3) is 0 Å². The molecule has 1 amide bonds. The monoisotopic (exact) mass is 289 g/mol. The van der Waals surface area contributed by atoms with Crippen LogP contribution in [0.3, 0.4) is 0 Å². The van der Waals surface area contributed by atoms with Gasteiger partial charge in [-0.25, -0.2) is 4.39 Å². The number of hydrogen-bond acceptors (Lipinski definition) is 3. The van der Waals surface area contributed by atoms with Crippen LogP contribution in [0.1, 0.15) is 30.1 Å². The van der Waals surface area contributed by atoms with Crippen molar-refractivity contribution in [2.75, 3.05) is 13.2 Å². The number of benzene rings is 1. The highest BCUT2D eigenvalue weighted by Crippen LogP contribution is 2.17. The highest BCUT2D eigenvalue weighted by molar-refractivity contribution is 6.33. The lowest BCUT2D eigenvalue weighted by Gasteiger charge is -2.23. The van der Waals surface area contributed by atoms with E-state index in [0.717, 1.165) is 12.1 Å². The van der Waals surface area contributed by atoms with Crippen LogP contribution in [0.4, 0.5) is 4.39 Å². The third-order valence-corrected chi connectivity index (χ3v) is 3.01. The number of carbonyl (C=O) groups excluding carboxylic acids is 1. The van der Waals surface area contributed by atoms with Crippen molar-refractivity contribution in [2.24, 2.45) is 0 Å². The molecule has 0 radical (unpaired) electrons. The van der Waals surface area contributed by atoms with E-state index in [1.165, 1.54) is 6.07 Å². The van der Waals surface area contributed by atoms with Crippen LogP contribution in [0.2, 0.25) is 5.02 Å². The van der Waals surface area contributed by atoms with Gasteiger partial charge in [0.25, 0.3) is 5.91 Å². The van der Waals surface area contributed by atoms with E-state index in [9.17, 15) is 14.3 Å². The Labute approximate surface area is 116 Å². The number of amides is 1. The van der Waals surface area contributed by atoms with Crippen LogP contribution in [0.5, 0.6) is 0 Å². The molecule has 0 aliphatic carbocycles. The van der Waals surface area contributed by atoms with Crippen molar-refractivity contribution >= 4 is 17.5 Å². The first-order chi connectivity index (χ1) is 8.85. The number of nitrogens with one attached hydrogen (secondary N) is 1. The summed E-state index contributed by atoms with van der Waals surface area (Å²) < 4.78 is 13.0. The van der Waals surface area contributed by atoms with Crippen LogP contribution in [0, 0.1) is 5.82 Å². The second-order valence-corrected chi connectivity index (χ2v) is 5.04. The Balaban J connectivity index is 2.62. The molecule has 0 heterocycles. The third kappa shape index (κ3) is 5.14. The van der Waals surface area contributed by atoms with E-state index in [0.29, 0.717) is 12.8 Å². The molecule has 0 saturated carbocycles. The number of aliphatic hydroxyl groups is 2. The van der Waals surface area contributed by atoms with Crippen LogP contribution >= 0.6 is 11.6 Å². The van der Waals surface area contributed by atoms with Gasteiger partial charge >= 0.3 is 0 Å². The smallest absolute Gasteiger partial charge is 0.253 e. The molecule has 0 aliphatic heterocycles. The molecule has 0 bridgehead atoms. The van der Waals surface area contributed by atoms with E-state index in [1.807, 2.05) is 0 Å². The van der Waals surface area contributed by atoms with Crippen molar-refractivity contribution in [3.8, 4) is 0 Å². The largest absolute Gasteiger partial charge is 0.396 e. The first kappa shape index (κ1) is 15.9. The average molecular weight is 290 g/mol. The highest BCUT2D eigenvalue weighted by Gasteiger charge is 2.21. The lowest BCUT2D eigenvalue weighted by molar-refractivity contribution is 0.0415. The predicted octanol–water partition coefficient (Wildman–Crippen LogP) is 1.73. The molecule has 1 atom stereocenters. The Kier molecular flexibility index (Phi) is 5.72. The summed E-state index contributed by atoms with van der Waals surface area (Å²) in [5.41, 5.74) is -1.10. The second-order valence-electron chi connectivity index (χ2n) is 4.63. The van der Waals surface area contributed by atoms with Crippen molar-refractivity contribution < 1.29 is 19.4 Å². The van der Waals surface area contributed by atoms with E-state index in [1.54, 1.807) is 6.92 Å². The molecule has 0 aromatic heterocycles. The molecule has 4 nitrogen and oxygen atoms in total. The zero-order valence-corrected chi connectivity index (χ0v) is 11.4. The van der Waals surface area contributed by atoms with Gasteiger partial charge in [0.15, 0.2) is 0 Å². The Hall–Kier alpha value is -1.17. The summed E-state index contributed by atoms with van der Waals surface area (Å²) in [4.78, 5) is 11.8. The first-order valence-corrected chi connectivity index (χ1v) is 6.30. The Morgan fingerprint density at radius 1 is 1.53 bits per heavy atom. The highest BCUT2D eigenvalue weighted by atomic mass is 35.5. The lowest BCUT2D eigenvalue weighted by Crippen LogP contribution is -2.40. The topological polar surface area (TPSA) is 69.6 Å². The maximum atomic E-state index is 13.0. The minimum absolute atomic E-state index is 0.00131. The average Bonchev–Trinajstić information content (AvgIpc) is 2.36. The van der Waals surface area contributed by atoms with Crippen molar-refractivity contribution in [3.63, 3.8) is 0 Å². The summed E-state index contributed by atoms with van der Waals surface area (Å²) in [7, 11) is 0. The number of carbonyl (C=O) groups is 1. The molecule has 1 rings (SSSR count). The standard InChI is InChI=1S/C13H17ClFNO3/c1-13(19,5-2-6-17)8-16-12(18)10-7-9(15)3-4-11(10)14/h3-4,7,17,19H,2,5-6,8H2,1H3,(H,16,18). The maximum absolute atomic E-state index is 13.0. The summed E-state index contributed by atoms with van der Waals surface area (Å²) >= 11 is 5.80. The van der Waals surface area contributed by atoms with Crippen LogP contribution in [-0.2, 0) is 0 Å². The van der Waals surface area contributed by atoms with E-state index in [-0.39, 0.29) is 23.7 Å². The van der Waals surface area contributed by atoms with Gasteiger partial charge in [-0.2, -0.15) is 0 Å². The van der Waals surface area contributed by atoms with Gasteiger partial charge in [0.1, 0.15) is 5.82 Å². The SMILES string of the molecule is CC(O)(CCCO)CNC(=O)c1cc(F)ccc1Cl. The van der Waals surface area contributed by atoms with Crippen molar-refractivity contribution in [2.45, 2.75) is 25.4 Å². The van der Waals surface area contributed by atoms with Crippen molar-refractivity contribution in [3.05, 3.63) is 34.6 Å². The number of rotatable bonds is 6. The quantitative estimate of drug-likeness (QED) is 0.747. The predicted molar refractivity (Wildman–Crippen MR) is 70.7 cm³/mol. The van der Waals surface area contributed by atoms with Crippen molar-refractivity contribution in [1.29, 1.82) is 0 Å². The fourth-order valence-electron chi connectivity index (χ4n) is 1.59. The molecule has 0 fully saturated rings. The van der Waals surface area contributed by atoms with Gasteiger partial charge < -0.3 is 15.5 Å². The summed E-state index contributed by atoms with van der Waals surface area (Å²) in [6, 6.07) is 3.51. The van der Waals surface area contributed by atoms with Crippen molar-refractivity contribution in [1.82, 2.24) is 5.32 Å². The fourth-order valence-corrected chi connectivity index (χ4v) is 1.79. The number of hydrogen-bond donors (Lipinski definition) is 3. The summed E-state index contributed by atoms with van der Waals surface area (Å²) in [5, 5.41) is 21.3. The van der Waals surface area contributed by atoms with Crippen LogP contribution in [0.15, 0.2) is 18.2 Å². The summed E-state index contributed by atoms with van der Waals surface area (Å²) in [6.45, 7) is 1.52. The molecule has 1 aromatic rings. The molecule has 106 valence electrons. The Morgan fingerprint density at radius 2 is 2.21 bits per heavy atom. The second kappa shape index (κ2) is 6.84. The summed E-state index contributed by atoms with van der Waals surface area (Å²) in [5.74, 6) is -1.10. The Bertz CT molecular complexity index is 452. The normalized spacial score (nSPS) is 13.9. The molecular weight excluding hydrogens is 273 g/mol. The van der Waals surface area contributed by atoms with E-state index < -0.39 is 17.3 Å². The fraction of sp³-hybridized carbons (Fsp3) is 0.462. The van der Waals surface area contributed by atoms with E-state index in [4.69, 9.17) is 16.7 Å². The molecule has 19 heavy (non-hydrogen) atoms. The van der Waals surface area contributed by atoms with Gasteiger partial charge in [-0.05, 0) is 38.0 Å². The third-order valence-electron chi connectivity index (χ3n) is 2.68. The van der Waals surface area contributed by atoms with E-state index >= 15 is 0 Å². The molecule has 1 unspecified atom stereocenters. The van der Waals surface area contributed by atoms with Gasteiger partial charge in [-0.3, -0.25) is 4.79 Å². The first-order valence-electron chi connectivity index (χ1n) is 5.92. The molecule has 1 aromatic carbocycles. The zero-order valence-electron chi connectivity index (χ0n) is 10.6. The lowest BCUT2D eigenvalue weighted by atomic mass is 10.0. The molecule has 0 aliphatic rings. The molecule has 0 spiro atoms. The maximum Gasteiger partial charge on any atom is 0.253 e. The van der Waals surface area contributed by atoms with Gasteiger partial charge in [0.05, 0.1) is 16.2 Å². The van der Waals surface area contributed by atoms with Crippen LogP contribution < -0.4 is 5.32 Å². The van der Waals surface area contributed by atoms with Gasteiger partial charge in [0.2, 0.25) is 0 Å². The van der Waals surface area contributed by atoms with Gasteiger partial charge in [-0.1, -0.05) is 11.6 Å². The number of halogens is 2. The molecule has 0 saturated heterocycles. The summed E-state index contributed by atoms with van der Waals surface area (Å²) in [6.07, 6.45) is 0.782. The molecule has 6 heteroatoms. The minimum Gasteiger partial charge on any atom is -0.396 e. The molecular formula is C13H17ClFNO3. The van der Waals surface area contributed by atoms with E-state index in [2.05, 4.69) is 5.32 Å². The van der Waals surface area contributed by atoms with Gasteiger partial charge in [-0.15, -0.1) is 0 Å². The van der Waals surface area contributed by atoms with Crippen LogP contribution in [-0.4, -0.2) is 34.9 Å². The Morgan fingerprint density at radius 3 is 2.84 bits per heavy atom.